The van der Waals surface area contributed by atoms with E-state index in [1.165, 1.54) is 4.90 Å². The van der Waals surface area contributed by atoms with E-state index in [4.69, 9.17) is 23.2 Å². The fraction of sp³-hybridized carbons (Fsp3) is 0.182. The Kier molecular flexibility index (Phi) is 10.7. The molecule has 0 aliphatic rings. The molecule has 7 nitrogen and oxygen atoms in total. The van der Waals surface area contributed by atoms with Crippen LogP contribution < -0.4 is 5.32 Å². The second-order valence-corrected chi connectivity index (χ2v) is 10.5. The number of benzene rings is 4. The van der Waals surface area contributed by atoms with Crippen LogP contribution in [0.2, 0.25) is 10.0 Å². The molecule has 0 unspecified atom stereocenters. The molecule has 216 valence electrons. The lowest BCUT2D eigenvalue weighted by atomic mass is 9.94. The van der Waals surface area contributed by atoms with Gasteiger partial charge in [0.25, 0.3) is 11.8 Å². The molecule has 0 aliphatic heterocycles. The van der Waals surface area contributed by atoms with Crippen molar-refractivity contribution in [1.29, 1.82) is 0 Å². The van der Waals surface area contributed by atoms with Gasteiger partial charge < -0.3 is 20.4 Å². The number of aliphatic carboxylic acids is 1. The molecule has 0 radical (unpaired) electrons. The highest BCUT2D eigenvalue weighted by Crippen LogP contribution is 2.29. The fourth-order valence-corrected chi connectivity index (χ4v) is 5.17. The van der Waals surface area contributed by atoms with E-state index < -0.39 is 17.9 Å². The van der Waals surface area contributed by atoms with Crippen molar-refractivity contribution in [2.75, 3.05) is 19.7 Å². The number of carbonyl (C=O) groups excluding carboxylic acids is 2. The Morgan fingerprint density at radius 3 is 2.05 bits per heavy atom. The molecule has 9 heteroatoms. The summed E-state index contributed by atoms with van der Waals surface area (Å²) in [7, 11) is 0. The van der Waals surface area contributed by atoms with E-state index in [0.29, 0.717) is 38.7 Å². The van der Waals surface area contributed by atoms with Gasteiger partial charge in [0.15, 0.2) is 0 Å². The van der Waals surface area contributed by atoms with E-state index in [1.54, 1.807) is 66.7 Å². The fourth-order valence-electron chi connectivity index (χ4n) is 4.67. The first-order valence-electron chi connectivity index (χ1n) is 13.4. The molecule has 2 amide bonds. The van der Waals surface area contributed by atoms with Crippen molar-refractivity contribution < 1.29 is 24.6 Å². The maximum Gasteiger partial charge on any atom is 0.305 e. The molecule has 0 aliphatic carbocycles. The van der Waals surface area contributed by atoms with Crippen molar-refractivity contribution in [3.8, 4) is 11.1 Å². The van der Waals surface area contributed by atoms with Gasteiger partial charge in [-0.3, -0.25) is 14.4 Å². The smallest absolute Gasteiger partial charge is 0.305 e. The van der Waals surface area contributed by atoms with Crippen molar-refractivity contribution in [2.24, 2.45) is 0 Å². The summed E-state index contributed by atoms with van der Waals surface area (Å²) in [4.78, 5) is 40.3. The Bertz CT molecular complexity index is 1560. The summed E-state index contributed by atoms with van der Waals surface area (Å²) >= 11 is 12.4. The lowest BCUT2D eigenvalue weighted by molar-refractivity contribution is -0.137. The minimum absolute atomic E-state index is 0.00883. The second-order valence-electron chi connectivity index (χ2n) is 9.63. The largest absolute Gasteiger partial charge is 0.481 e. The van der Waals surface area contributed by atoms with Gasteiger partial charge in [0.1, 0.15) is 0 Å². The third-order valence-electron chi connectivity index (χ3n) is 6.86. The quantitative estimate of drug-likeness (QED) is 0.176. The van der Waals surface area contributed by atoms with Crippen LogP contribution in [0.15, 0.2) is 97.1 Å². The highest BCUT2D eigenvalue weighted by atomic mass is 35.5. The number of rotatable bonds is 12. The molecule has 1 atom stereocenters. The summed E-state index contributed by atoms with van der Waals surface area (Å²) in [6.07, 6.45) is 0.161. The number of aliphatic hydroxyl groups is 1. The summed E-state index contributed by atoms with van der Waals surface area (Å²) < 4.78 is 0. The highest BCUT2D eigenvalue weighted by Gasteiger charge is 2.24. The number of carbonyl (C=O) groups is 3. The minimum atomic E-state index is -1.02. The van der Waals surface area contributed by atoms with Crippen LogP contribution in [0.25, 0.3) is 11.1 Å². The first-order chi connectivity index (χ1) is 20.3. The second kappa shape index (κ2) is 14.6. The molecule has 4 aromatic carbocycles. The van der Waals surface area contributed by atoms with E-state index in [1.807, 2.05) is 30.3 Å². The van der Waals surface area contributed by atoms with E-state index in [2.05, 4.69) is 5.32 Å². The number of carboxylic acids is 1. The average Bonchev–Trinajstić information content (AvgIpc) is 3.00. The summed E-state index contributed by atoms with van der Waals surface area (Å²) in [5.41, 5.74) is 3.25. The third-order valence-corrected chi connectivity index (χ3v) is 7.45. The molecule has 4 rings (SSSR count). The Hall–Kier alpha value is -4.17. The van der Waals surface area contributed by atoms with Gasteiger partial charge >= 0.3 is 5.97 Å². The maximum absolute atomic E-state index is 13.9. The molecule has 4 aromatic rings. The highest BCUT2D eigenvalue weighted by molar-refractivity contribution is 6.35. The zero-order valence-corrected chi connectivity index (χ0v) is 24.2. The van der Waals surface area contributed by atoms with Gasteiger partial charge in [0.2, 0.25) is 0 Å². The van der Waals surface area contributed by atoms with Gasteiger partial charge in [-0.1, -0.05) is 96.0 Å². The standard InChI is InChI=1S/C33H30Cl2N2O5/c34-24-15-14-22(29(35)20-24)16-18-37(19-17-31(39)40)33(42)28-13-7-5-11-26(28)25-10-4-6-12-27(25)32(41)36-30(21-38)23-8-2-1-3-9-23/h1-15,20,30,38H,16-19,21H2,(H,36,41)(H,39,40)/t30-/m1/s1. The lowest BCUT2D eigenvalue weighted by Crippen LogP contribution is -2.35. The number of hydrogen-bond acceptors (Lipinski definition) is 4. The molecule has 0 saturated carbocycles. The van der Waals surface area contributed by atoms with Crippen LogP contribution in [-0.4, -0.2) is 52.6 Å². The van der Waals surface area contributed by atoms with Gasteiger partial charge in [0.05, 0.1) is 19.1 Å². The topological polar surface area (TPSA) is 107 Å². The van der Waals surface area contributed by atoms with E-state index in [-0.39, 0.29) is 32.0 Å². The van der Waals surface area contributed by atoms with Crippen molar-refractivity contribution in [3.05, 3.63) is 129 Å². The average molecular weight is 606 g/mol. The molecule has 0 fully saturated rings. The molecule has 3 N–H and O–H groups in total. The van der Waals surface area contributed by atoms with E-state index in [9.17, 15) is 24.6 Å². The number of hydrogen-bond donors (Lipinski definition) is 3. The first-order valence-corrected chi connectivity index (χ1v) is 14.1. The monoisotopic (exact) mass is 604 g/mol. The zero-order chi connectivity index (χ0) is 30.1. The van der Waals surface area contributed by atoms with Crippen LogP contribution in [0.3, 0.4) is 0 Å². The Balaban J connectivity index is 1.64. The number of amides is 2. The normalized spacial score (nSPS) is 11.5. The van der Waals surface area contributed by atoms with Gasteiger partial charge in [-0.05, 0) is 52.9 Å². The van der Waals surface area contributed by atoms with Crippen LogP contribution in [0.5, 0.6) is 0 Å². The molecule has 0 spiro atoms. The summed E-state index contributed by atoms with van der Waals surface area (Å²) in [6, 6.07) is 27.5. The van der Waals surface area contributed by atoms with E-state index >= 15 is 0 Å². The molecular weight excluding hydrogens is 575 g/mol. The van der Waals surface area contributed by atoms with E-state index in [0.717, 1.165) is 11.1 Å². The lowest BCUT2D eigenvalue weighted by Gasteiger charge is -2.24. The van der Waals surface area contributed by atoms with Crippen molar-refractivity contribution >= 4 is 41.0 Å². The van der Waals surface area contributed by atoms with Crippen LogP contribution in [0.1, 0.15) is 44.3 Å². The van der Waals surface area contributed by atoms with Crippen molar-refractivity contribution in [3.63, 3.8) is 0 Å². The summed E-state index contributed by atoms with van der Waals surface area (Å²) in [5.74, 6) is -1.80. The van der Waals surface area contributed by atoms with Crippen molar-refractivity contribution in [2.45, 2.75) is 18.9 Å². The minimum Gasteiger partial charge on any atom is -0.481 e. The number of nitrogens with zero attached hydrogens (tertiary/aromatic N) is 1. The SMILES string of the molecule is O=C(O)CCN(CCc1ccc(Cl)cc1Cl)C(=O)c1ccccc1-c1ccccc1C(=O)N[C@H](CO)c1ccccc1. The third kappa shape index (κ3) is 7.76. The molecule has 42 heavy (non-hydrogen) atoms. The molecule has 0 heterocycles. The van der Waals surface area contributed by atoms with Gasteiger partial charge in [0, 0.05) is 34.3 Å². The van der Waals surface area contributed by atoms with Crippen LogP contribution in [0.4, 0.5) is 0 Å². The Labute approximate surface area is 254 Å². The van der Waals surface area contributed by atoms with Crippen molar-refractivity contribution in [1.82, 2.24) is 10.2 Å². The first kappa shape index (κ1) is 30.8. The molecule has 0 aromatic heterocycles. The zero-order valence-electron chi connectivity index (χ0n) is 22.7. The van der Waals surface area contributed by atoms with Crippen LogP contribution in [-0.2, 0) is 11.2 Å². The maximum atomic E-state index is 13.9. The molecule has 0 bridgehead atoms. The molecular formula is C33H30Cl2N2O5. The predicted molar refractivity (Wildman–Crippen MR) is 164 cm³/mol. The molecule has 0 saturated heterocycles. The number of aliphatic hydroxyl groups excluding tert-OH is 1. The Morgan fingerprint density at radius 1 is 0.786 bits per heavy atom. The van der Waals surface area contributed by atoms with Crippen LogP contribution >= 0.6 is 23.2 Å². The number of halogens is 2. The van der Waals surface area contributed by atoms with Crippen LogP contribution in [0, 0.1) is 0 Å². The predicted octanol–water partition coefficient (Wildman–Crippen LogP) is 6.28. The number of nitrogens with one attached hydrogen (secondary N) is 1. The van der Waals surface area contributed by atoms with Gasteiger partial charge in [-0.2, -0.15) is 0 Å². The Morgan fingerprint density at radius 2 is 1.40 bits per heavy atom. The summed E-state index contributed by atoms with van der Waals surface area (Å²) in [5, 5.41) is 23.2. The summed E-state index contributed by atoms with van der Waals surface area (Å²) in [6.45, 7) is -0.0759. The number of carboxylic acid groups (broad SMARTS) is 1. The van der Waals surface area contributed by atoms with Gasteiger partial charge in [-0.25, -0.2) is 0 Å². The van der Waals surface area contributed by atoms with Gasteiger partial charge in [-0.15, -0.1) is 0 Å².